The Bertz CT molecular complexity index is 1390. The Morgan fingerprint density at radius 1 is 0.952 bits per heavy atom. The van der Waals surface area contributed by atoms with E-state index in [2.05, 4.69) is 17.6 Å². The first-order chi connectivity index (χ1) is 20.0. The maximum Gasteiger partial charge on any atom is 0.408 e. The number of ether oxygens (including phenoxy) is 1. The van der Waals surface area contributed by atoms with Gasteiger partial charge in [-0.2, -0.15) is 0 Å². The van der Waals surface area contributed by atoms with Crippen molar-refractivity contribution in [3.63, 3.8) is 0 Å². The average Bonchev–Trinajstić information content (AvgIpc) is 2.93. The first-order valence-corrected chi connectivity index (χ1v) is 15.2. The summed E-state index contributed by atoms with van der Waals surface area (Å²) in [6, 6.07) is 19.9. The van der Waals surface area contributed by atoms with Crippen molar-refractivity contribution in [2.45, 2.75) is 97.4 Å². The Kier molecular flexibility index (Phi) is 9.92. The van der Waals surface area contributed by atoms with Gasteiger partial charge in [-0.05, 0) is 86.4 Å². The van der Waals surface area contributed by atoms with Gasteiger partial charge in [0.1, 0.15) is 17.7 Å². The van der Waals surface area contributed by atoms with Gasteiger partial charge in [-0.25, -0.2) is 4.79 Å². The number of amides is 3. The molecule has 1 fully saturated rings. The van der Waals surface area contributed by atoms with Crippen LogP contribution in [0.4, 0.5) is 10.5 Å². The normalized spacial score (nSPS) is 15.7. The van der Waals surface area contributed by atoms with Crippen LogP contribution >= 0.6 is 0 Å². The molecule has 0 saturated heterocycles. The number of rotatable bonds is 10. The fourth-order valence-corrected chi connectivity index (χ4v) is 5.31. The van der Waals surface area contributed by atoms with Gasteiger partial charge in [0.2, 0.25) is 5.91 Å². The van der Waals surface area contributed by atoms with Crippen LogP contribution < -0.4 is 10.6 Å². The van der Waals surface area contributed by atoms with E-state index in [-0.39, 0.29) is 23.8 Å². The lowest BCUT2D eigenvalue weighted by molar-refractivity contribution is -0.147. The van der Waals surface area contributed by atoms with Crippen LogP contribution in [0.25, 0.3) is 10.8 Å². The molecule has 0 aliphatic heterocycles. The molecule has 0 spiro atoms. The lowest BCUT2D eigenvalue weighted by atomic mass is 9.86. The predicted molar refractivity (Wildman–Crippen MR) is 168 cm³/mol. The van der Waals surface area contributed by atoms with E-state index in [4.69, 9.17) is 4.74 Å². The molecule has 1 aliphatic carbocycles. The highest BCUT2D eigenvalue weighted by Crippen LogP contribution is 2.35. The van der Waals surface area contributed by atoms with Crippen molar-refractivity contribution in [2.24, 2.45) is 5.92 Å². The minimum absolute atomic E-state index is 0.109. The SMILES string of the molecule is CCc1ccc(C(C(=O)Nc2ccc3ccccc3c2)N(C(=O)C(NC(=O)OC(C)(C)C)C(C)CC)C2CCC2)cc1. The molecule has 2 N–H and O–H groups in total. The zero-order chi connectivity index (χ0) is 30.4. The van der Waals surface area contributed by atoms with Gasteiger partial charge in [-0.1, -0.05) is 81.8 Å². The van der Waals surface area contributed by atoms with E-state index in [0.29, 0.717) is 12.1 Å². The molecule has 0 aromatic heterocycles. The largest absolute Gasteiger partial charge is 0.444 e. The van der Waals surface area contributed by atoms with Crippen molar-refractivity contribution in [1.82, 2.24) is 10.2 Å². The molecule has 3 atom stereocenters. The summed E-state index contributed by atoms with van der Waals surface area (Å²) < 4.78 is 5.53. The molecule has 7 nitrogen and oxygen atoms in total. The molecule has 7 heteroatoms. The first-order valence-electron chi connectivity index (χ1n) is 15.2. The van der Waals surface area contributed by atoms with E-state index in [9.17, 15) is 14.4 Å². The smallest absolute Gasteiger partial charge is 0.408 e. The summed E-state index contributed by atoms with van der Waals surface area (Å²) in [5.74, 6) is -0.715. The van der Waals surface area contributed by atoms with E-state index in [1.54, 1.807) is 25.7 Å². The van der Waals surface area contributed by atoms with Gasteiger partial charge >= 0.3 is 6.09 Å². The molecule has 42 heavy (non-hydrogen) atoms. The minimum Gasteiger partial charge on any atom is -0.444 e. The third-order valence-electron chi connectivity index (χ3n) is 8.12. The third-order valence-corrected chi connectivity index (χ3v) is 8.12. The van der Waals surface area contributed by atoms with Crippen LogP contribution in [-0.4, -0.2) is 40.5 Å². The van der Waals surface area contributed by atoms with Crippen molar-refractivity contribution in [3.05, 3.63) is 77.9 Å². The summed E-state index contributed by atoms with van der Waals surface area (Å²) in [7, 11) is 0. The van der Waals surface area contributed by atoms with E-state index in [1.165, 1.54) is 0 Å². The summed E-state index contributed by atoms with van der Waals surface area (Å²) in [5, 5.41) is 8.07. The van der Waals surface area contributed by atoms with Crippen LogP contribution in [0.5, 0.6) is 0 Å². The van der Waals surface area contributed by atoms with Crippen LogP contribution in [-0.2, 0) is 20.7 Å². The van der Waals surface area contributed by atoms with Gasteiger partial charge < -0.3 is 20.3 Å². The van der Waals surface area contributed by atoms with Crippen LogP contribution in [0.2, 0.25) is 0 Å². The first kappa shape index (κ1) is 31.1. The number of aryl methyl sites for hydroxylation is 1. The molecule has 3 aromatic carbocycles. The molecule has 3 unspecified atom stereocenters. The van der Waals surface area contributed by atoms with E-state index >= 15 is 0 Å². The minimum atomic E-state index is -0.868. The Morgan fingerprint density at radius 2 is 1.62 bits per heavy atom. The van der Waals surface area contributed by atoms with Crippen molar-refractivity contribution in [1.29, 1.82) is 0 Å². The second-order valence-electron chi connectivity index (χ2n) is 12.4. The molecule has 3 aromatic rings. The predicted octanol–water partition coefficient (Wildman–Crippen LogP) is 7.40. The third kappa shape index (κ3) is 7.50. The number of nitrogens with one attached hydrogen (secondary N) is 2. The van der Waals surface area contributed by atoms with Gasteiger partial charge in [0.25, 0.3) is 5.91 Å². The molecule has 0 radical (unpaired) electrons. The number of fused-ring (bicyclic) bond motifs is 1. The number of carbonyl (C=O) groups is 3. The highest BCUT2D eigenvalue weighted by Gasteiger charge is 2.43. The molecule has 224 valence electrons. The summed E-state index contributed by atoms with van der Waals surface area (Å²) in [4.78, 5) is 43.4. The van der Waals surface area contributed by atoms with Gasteiger partial charge in [-0.15, -0.1) is 0 Å². The second-order valence-corrected chi connectivity index (χ2v) is 12.4. The Labute approximate surface area is 250 Å². The zero-order valence-corrected chi connectivity index (χ0v) is 25.8. The van der Waals surface area contributed by atoms with E-state index < -0.39 is 23.8 Å². The average molecular weight is 572 g/mol. The van der Waals surface area contributed by atoms with Gasteiger partial charge in [0.15, 0.2) is 0 Å². The molecule has 0 bridgehead atoms. The van der Waals surface area contributed by atoms with Gasteiger partial charge in [-0.3, -0.25) is 9.59 Å². The van der Waals surface area contributed by atoms with Gasteiger partial charge in [0.05, 0.1) is 0 Å². The van der Waals surface area contributed by atoms with Crippen molar-refractivity contribution < 1.29 is 19.1 Å². The van der Waals surface area contributed by atoms with E-state index in [0.717, 1.165) is 47.6 Å². The summed E-state index contributed by atoms with van der Waals surface area (Å²) >= 11 is 0. The lowest BCUT2D eigenvalue weighted by Crippen LogP contribution is -2.58. The Hall–Kier alpha value is -3.87. The molecule has 1 saturated carbocycles. The van der Waals surface area contributed by atoms with Crippen molar-refractivity contribution in [3.8, 4) is 0 Å². The monoisotopic (exact) mass is 571 g/mol. The number of hydrogen-bond donors (Lipinski definition) is 2. The zero-order valence-electron chi connectivity index (χ0n) is 25.8. The highest BCUT2D eigenvalue weighted by molar-refractivity contribution is 6.00. The Balaban J connectivity index is 1.73. The summed E-state index contributed by atoms with van der Waals surface area (Å²) in [6.45, 7) is 11.4. The lowest BCUT2D eigenvalue weighted by Gasteiger charge is -2.44. The number of anilines is 1. The van der Waals surface area contributed by atoms with Crippen LogP contribution in [0.15, 0.2) is 66.7 Å². The molecule has 1 aliphatic rings. The topological polar surface area (TPSA) is 87.7 Å². The fourth-order valence-electron chi connectivity index (χ4n) is 5.31. The summed E-state index contributed by atoms with van der Waals surface area (Å²) in [5.41, 5.74) is 1.86. The quantitative estimate of drug-likeness (QED) is 0.265. The van der Waals surface area contributed by atoms with Crippen molar-refractivity contribution >= 4 is 34.4 Å². The van der Waals surface area contributed by atoms with Crippen molar-refractivity contribution in [2.75, 3.05) is 5.32 Å². The molecule has 0 heterocycles. The second kappa shape index (κ2) is 13.4. The number of carbonyl (C=O) groups excluding carboxylic acids is 3. The maximum atomic E-state index is 14.5. The van der Waals surface area contributed by atoms with Gasteiger partial charge in [0, 0.05) is 11.7 Å². The highest BCUT2D eigenvalue weighted by atomic mass is 16.6. The fraction of sp³-hybridized carbons (Fsp3) is 0.457. The number of alkyl carbamates (subject to hydrolysis) is 1. The standard InChI is InChI=1S/C35H45N3O4/c1-7-23(3)30(37-34(41)42-35(4,5)6)33(40)38(29-14-11-15-29)31(26-18-16-24(8-2)17-19-26)32(39)36-28-21-20-25-12-9-10-13-27(25)22-28/h9-10,12-13,16-23,29-31H,7-8,11,14-15H2,1-6H3,(H,36,39)(H,37,41). The number of nitrogens with zero attached hydrogens (tertiary/aromatic N) is 1. The Morgan fingerprint density at radius 3 is 2.19 bits per heavy atom. The van der Waals surface area contributed by atoms with Crippen LogP contribution in [0, 0.1) is 5.92 Å². The van der Waals surface area contributed by atoms with Crippen LogP contribution in [0.1, 0.15) is 84.4 Å². The number of benzene rings is 3. The van der Waals surface area contributed by atoms with E-state index in [1.807, 2.05) is 80.6 Å². The van der Waals surface area contributed by atoms with Crippen LogP contribution in [0.3, 0.4) is 0 Å². The maximum absolute atomic E-state index is 14.5. The molecular formula is C35H45N3O4. The summed E-state index contributed by atoms with van der Waals surface area (Å²) in [6.07, 6.45) is 3.49. The molecule has 4 rings (SSSR count). The number of hydrogen-bond acceptors (Lipinski definition) is 4. The molecule has 3 amide bonds. The molecular weight excluding hydrogens is 526 g/mol.